The van der Waals surface area contributed by atoms with Crippen LogP contribution in [-0.2, 0) is 5.75 Å². The zero-order chi connectivity index (χ0) is 16.1. The number of nitrogens with one attached hydrogen (secondary N) is 1. The molecular formula is C16H14N4OS2. The lowest BCUT2D eigenvalue weighted by Gasteiger charge is -2.04. The van der Waals surface area contributed by atoms with E-state index in [1.165, 1.54) is 16.9 Å². The van der Waals surface area contributed by atoms with Crippen molar-refractivity contribution in [3.63, 3.8) is 0 Å². The molecule has 0 bridgehead atoms. The maximum absolute atomic E-state index is 12.1. The number of thioether (sulfide) groups is 1. The molecule has 0 spiro atoms. The van der Waals surface area contributed by atoms with Crippen LogP contribution in [0.15, 0.2) is 53.7 Å². The minimum absolute atomic E-state index is 0.176. The summed E-state index contributed by atoms with van der Waals surface area (Å²) in [6, 6.07) is 11.5. The number of carbonyl (C=O) groups is 1. The first-order valence-corrected chi connectivity index (χ1v) is 8.74. The molecule has 0 saturated carbocycles. The van der Waals surface area contributed by atoms with E-state index in [2.05, 4.69) is 20.5 Å². The summed E-state index contributed by atoms with van der Waals surface area (Å²) in [5, 5.41) is 11.8. The summed E-state index contributed by atoms with van der Waals surface area (Å²) >= 11 is 3.06. The Morgan fingerprint density at radius 2 is 2.04 bits per heavy atom. The summed E-state index contributed by atoms with van der Waals surface area (Å²) in [6.45, 7) is 1.85. The molecule has 5 nitrogen and oxygen atoms in total. The van der Waals surface area contributed by atoms with Crippen molar-refractivity contribution in [2.45, 2.75) is 17.6 Å². The van der Waals surface area contributed by atoms with Gasteiger partial charge in [0, 0.05) is 28.6 Å². The lowest BCUT2D eigenvalue weighted by atomic mass is 10.2. The molecule has 0 saturated heterocycles. The Hall–Kier alpha value is -2.25. The molecule has 2 heterocycles. The Labute approximate surface area is 142 Å². The molecule has 3 rings (SSSR count). The van der Waals surface area contributed by atoms with E-state index in [1.54, 1.807) is 18.0 Å². The fourth-order valence-corrected chi connectivity index (χ4v) is 3.29. The van der Waals surface area contributed by atoms with Gasteiger partial charge in [-0.3, -0.25) is 15.1 Å². The summed E-state index contributed by atoms with van der Waals surface area (Å²) in [4.78, 5) is 17.3. The number of nitrogens with zero attached hydrogens (tertiary/aromatic N) is 3. The Balaban J connectivity index is 1.59. The van der Waals surface area contributed by atoms with Crippen LogP contribution in [0.3, 0.4) is 0 Å². The second-order valence-electron chi connectivity index (χ2n) is 4.75. The number of rotatable bonds is 5. The summed E-state index contributed by atoms with van der Waals surface area (Å²) in [7, 11) is 0. The average Bonchev–Trinajstić information content (AvgIpc) is 2.99. The van der Waals surface area contributed by atoms with Crippen molar-refractivity contribution in [3.8, 4) is 0 Å². The topological polar surface area (TPSA) is 67.8 Å². The minimum atomic E-state index is -0.176. The number of hydrogen-bond acceptors (Lipinski definition) is 6. The molecule has 0 aliphatic rings. The van der Waals surface area contributed by atoms with E-state index in [9.17, 15) is 4.79 Å². The van der Waals surface area contributed by atoms with E-state index >= 15 is 0 Å². The number of amides is 1. The SMILES string of the molecule is Cc1nnc(NC(=O)c2ccc(SCc3cccnc3)cc2)s1. The van der Waals surface area contributed by atoms with Crippen LogP contribution in [-0.4, -0.2) is 21.1 Å². The maximum Gasteiger partial charge on any atom is 0.257 e. The van der Waals surface area contributed by atoms with Gasteiger partial charge in [0.05, 0.1) is 0 Å². The lowest BCUT2D eigenvalue weighted by molar-refractivity contribution is 0.102. The molecule has 2 aromatic heterocycles. The number of anilines is 1. The molecule has 1 N–H and O–H groups in total. The smallest absolute Gasteiger partial charge is 0.257 e. The molecule has 0 radical (unpaired) electrons. The summed E-state index contributed by atoms with van der Waals surface area (Å²) in [6.07, 6.45) is 3.62. The van der Waals surface area contributed by atoms with Crippen LogP contribution in [0.1, 0.15) is 20.9 Å². The second kappa shape index (κ2) is 7.34. The average molecular weight is 342 g/mol. The first-order chi connectivity index (χ1) is 11.2. The number of carbonyl (C=O) groups excluding carboxylic acids is 1. The van der Waals surface area contributed by atoms with Crippen molar-refractivity contribution in [1.29, 1.82) is 0 Å². The zero-order valence-corrected chi connectivity index (χ0v) is 14.0. The van der Waals surface area contributed by atoms with Crippen molar-refractivity contribution in [2.24, 2.45) is 0 Å². The highest BCUT2D eigenvalue weighted by molar-refractivity contribution is 7.98. The quantitative estimate of drug-likeness (QED) is 0.715. The molecule has 0 aliphatic heterocycles. The largest absolute Gasteiger partial charge is 0.296 e. The van der Waals surface area contributed by atoms with Crippen molar-refractivity contribution in [3.05, 3.63) is 64.9 Å². The highest BCUT2D eigenvalue weighted by Gasteiger charge is 2.09. The Morgan fingerprint density at radius 3 is 2.70 bits per heavy atom. The molecule has 1 aromatic carbocycles. The van der Waals surface area contributed by atoms with Crippen molar-refractivity contribution in [2.75, 3.05) is 5.32 Å². The van der Waals surface area contributed by atoms with Crippen LogP contribution in [0.4, 0.5) is 5.13 Å². The van der Waals surface area contributed by atoms with Crippen molar-refractivity contribution in [1.82, 2.24) is 15.2 Å². The van der Waals surface area contributed by atoms with Gasteiger partial charge in [0.1, 0.15) is 5.01 Å². The Kier molecular flexibility index (Phi) is 4.99. The minimum Gasteiger partial charge on any atom is -0.296 e. The lowest BCUT2D eigenvalue weighted by Crippen LogP contribution is -2.11. The van der Waals surface area contributed by atoms with Crippen molar-refractivity contribution >= 4 is 34.1 Å². The molecule has 0 atom stereocenters. The fraction of sp³-hybridized carbons (Fsp3) is 0.125. The van der Waals surface area contributed by atoms with Gasteiger partial charge in [-0.1, -0.05) is 17.4 Å². The van der Waals surface area contributed by atoms with Gasteiger partial charge in [-0.25, -0.2) is 0 Å². The molecule has 0 unspecified atom stereocenters. The fourth-order valence-electron chi connectivity index (χ4n) is 1.87. The molecular weight excluding hydrogens is 328 g/mol. The van der Waals surface area contributed by atoms with Gasteiger partial charge in [-0.05, 0) is 42.8 Å². The van der Waals surface area contributed by atoms with E-state index in [-0.39, 0.29) is 5.91 Å². The third-order valence-electron chi connectivity index (χ3n) is 2.99. The van der Waals surface area contributed by atoms with Gasteiger partial charge in [-0.15, -0.1) is 22.0 Å². The first kappa shape index (κ1) is 15.6. The third-order valence-corrected chi connectivity index (χ3v) is 4.83. The summed E-state index contributed by atoms with van der Waals surface area (Å²) < 4.78 is 0. The van der Waals surface area contributed by atoms with E-state index in [0.717, 1.165) is 15.7 Å². The second-order valence-corrected chi connectivity index (χ2v) is 6.99. The number of pyridine rings is 1. The maximum atomic E-state index is 12.1. The van der Waals surface area contributed by atoms with Gasteiger partial charge < -0.3 is 0 Å². The van der Waals surface area contributed by atoms with Crippen LogP contribution >= 0.6 is 23.1 Å². The van der Waals surface area contributed by atoms with Gasteiger partial charge in [-0.2, -0.15) is 0 Å². The standard InChI is InChI=1S/C16H14N4OS2/c1-11-19-20-16(23-11)18-15(21)13-4-6-14(7-5-13)22-10-12-3-2-8-17-9-12/h2-9H,10H2,1H3,(H,18,20,21). The molecule has 1 amide bonds. The van der Waals surface area contributed by atoms with Gasteiger partial charge >= 0.3 is 0 Å². The predicted octanol–water partition coefficient (Wildman–Crippen LogP) is 3.79. The normalized spacial score (nSPS) is 10.5. The van der Waals surface area contributed by atoms with Gasteiger partial charge in [0.15, 0.2) is 0 Å². The molecule has 3 aromatic rings. The van der Waals surface area contributed by atoms with Crippen LogP contribution in [0.25, 0.3) is 0 Å². The van der Waals surface area contributed by atoms with Crippen LogP contribution in [0.5, 0.6) is 0 Å². The number of hydrogen-bond donors (Lipinski definition) is 1. The van der Waals surface area contributed by atoms with Crippen LogP contribution in [0.2, 0.25) is 0 Å². The Bertz CT molecular complexity index is 787. The summed E-state index contributed by atoms with van der Waals surface area (Å²) in [5.74, 6) is 0.675. The first-order valence-electron chi connectivity index (χ1n) is 6.94. The summed E-state index contributed by atoms with van der Waals surface area (Å²) in [5.41, 5.74) is 1.77. The van der Waals surface area contributed by atoms with Gasteiger partial charge in [0.2, 0.25) is 5.13 Å². The molecule has 0 aliphatic carbocycles. The molecule has 0 fully saturated rings. The highest BCUT2D eigenvalue weighted by atomic mass is 32.2. The van der Waals surface area contributed by atoms with E-state index < -0.39 is 0 Å². The zero-order valence-electron chi connectivity index (χ0n) is 12.4. The third kappa shape index (κ3) is 4.37. The van der Waals surface area contributed by atoms with Crippen LogP contribution in [0, 0.1) is 6.92 Å². The van der Waals surface area contributed by atoms with E-state index in [0.29, 0.717) is 10.7 Å². The predicted molar refractivity (Wildman–Crippen MR) is 92.8 cm³/mol. The van der Waals surface area contributed by atoms with E-state index in [1.807, 2.05) is 49.5 Å². The Morgan fingerprint density at radius 1 is 1.22 bits per heavy atom. The monoisotopic (exact) mass is 342 g/mol. The number of benzene rings is 1. The number of aromatic nitrogens is 3. The van der Waals surface area contributed by atoms with Crippen LogP contribution < -0.4 is 5.32 Å². The molecule has 116 valence electrons. The van der Waals surface area contributed by atoms with Crippen molar-refractivity contribution < 1.29 is 4.79 Å². The molecule has 7 heteroatoms. The highest BCUT2D eigenvalue weighted by Crippen LogP contribution is 2.23. The van der Waals surface area contributed by atoms with Gasteiger partial charge in [0.25, 0.3) is 5.91 Å². The number of aryl methyl sites for hydroxylation is 1. The molecule has 23 heavy (non-hydrogen) atoms. The van der Waals surface area contributed by atoms with E-state index in [4.69, 9.17) is 0 Å².